The quantitative estimate of drug-likeness (QED) is 0.0172. The smallest absolute Gasteiger partial charge is 0.306 e. The maximum absolute atomic E-state index is 13.1. The maximum Gasteiger partial charge on any atom is 0.306 e. The molecule has 11 atom stereocenters. The third-order valence-electron chi connectivity index (χ3n) is 13.6. The second-order valence-electron chi connectivity index (χ2n) is 20.1. The predicted octanol–water partition coefficient (Wildman–Crippen LogP) is 10.1. The van der Waals surface area contributed by atoms with E-state index >= 15 is 0 Å². The minimum atomic E-state index is -1.72. The van der Waals surface area contributed by atoms with E-state index in [0.29, 0.717) is 19.4 Å². The number of hydrogen-bond donors (Lipinski definition) is 7. The van der Waals surface area contributed by atoms with Crippen molar-refractivity contribution >= 4 is 5.97 Å². The molecule has 0 bridgehead atoms. The summed E-state index contributed by atoms with van der Waals surface area (Å²) in [7, 11) is 0. The van der Waals surface area contributed by atoms with Gasteiger partial charge in [-0.2, -0.15) is 0 Å². The summed E-state index contributed by atoms with van der Waals surface area (Å²) < 4.78 is 34.2. The zero-order chi connectivity index (χ0) is 53.0. The summed E-state index contributed by atoms with van der Waals surface area (Å²) in [6, 6.07) is 0. The molecule has 73 heavy (non-hydrogen) atoms. The van der Waals surface area contributed by atoms with E-state index in [0.717, 1.165) is 51.4 Å². The summed E-state index contributed by atoms with van der Waals surface area (Å²) in [4.78, 5) is 13.1. The van der Waals surface area contributed by atoms with Crippen LogP contribution >= 0.6 is 0 Å². The number of hydrogen-bond acceptors (Lipinski definition) is 14. The third kappa shape index (κ3) is 32.8. The van der Waals surface area contributed by atoms with Crippen LogP contribution in [0.1, 0.15) is 206 Å². The molecule has 0 aromatic rings. The Morgan fingerprint density at radius 1 is 0.466 bits per heavy atom. The van der Waals surface area contributed by atoms with Crippen LogP contribution in [0, 0.1) is 0 Å². The van der Waals surface area contributed by atoms with Crippen LogP contribution in [0.3, 0.4) is 0 Å². The van der Waals surface area contributed by atoms with Gasteiger partial charge in [-0.15, -0.1) is 0 Å². The Kier molecular flexibility index (Phi) is 42.0. The van der Waals surface area contributed by atoms with Crippen LogP contribution in [-0.2, 0) is 33.2 Å². The average Bonchev–Trinajstić information content (AvgIpc) is 3.39. The molecule has 2 saturated heterocycles. The van der Waals surface area contributed by atoms with Crippen LogP contribution in [0.15, 0.2) is 60.8 Å². The summed E-state index contributed by atoms with van der Waals surface area (Å²) in [5.41, 5.74) is 0. The van der Waals surface area contributed by atoms with E-state index in [2.05, 4.69) is 68.5 Å². The molecule has 2 aliphatic heterocycles. The molecule has 0 radical (unpaired) electrons. The molecule has 0 aliphatic carbocycles. The van der Waals surface area contributed by atoms with Crippen molar-refractivity contribution in [1.82, 2.24) is 0 Å². The van der Waals surface area contributed by atoms with E-state index in [1.807, 2.05) is 6.08 Å². The van der Waals surface area contributed by atoms with E-state index < -0.39 is 86.7 Å². The number of carbonyl (C=O) groups excluding carboxylic acids is 1. The van der Waals surface area contributed by atoms with Crippen molar-refractivity contribution in [3.63, 3.8) is 0 Å². The van der Waals surface area contributed by atoms with Gasteiger partial charge in [-0.3, -0.25) is 4.79 Å². The largest absolute Gasteiger partial charge is 0.457 e. The maximum atomic E-state index is 13.1. The Balaban J connectivity index is 1.72. The normalized spacial score (nSPS) is 25.4. The summed E-state index contributed by atoms with van der Waals surface area (Å²) in [5.74, 6) is -0.398. The van der Waals surface area contributed by atoms with Crippen LogP contribution < -0.4 is 0 Å². The molecule has 424 valence electrons. The molecule has 7 N–H and O–H groups in total. The Morgan fingerprint density at radius 3 is 1.32 bits per heavy atom. The van der Waals surface area contributed by atoms with Gasteiger partial charge in [-0.1, -0.05) is 216 Å². The molecule has 0 aromatic heterocycles. The number of ether oxygens (including phenoxy) is 6. The lowest BCUT2D eigenvalue weighted by atomic mass is 9.98. The summed E-state index contributed by atoms with van der Waals surface area (Å²) in [6.07, 6.45) is 40.3. The van der Waals surface area contributed by atoms with Gasteiger partial charge in [0.05, 0.1) is 33.0 Å². The first-order valence-corrected chi connectivity index (χ1v) is 28.9. The monoisotopic (exact) mass is 1040 g/mol. The molecule has 0 spiro atoms. The number of aliphatic hydroxyl groups excluding tert-OH is 7. The van der Waals surface area contributed by atoms with E-state index in [4.69, 9.17) is 28.4 Å². The fraction of sp³-hybridized carbons (Fsp3) is 0.814. The van der Waals surface area contributed by atoms with E-state index in [9.17, 15) is 40.5 Å². The van der Waals surface area contributed by atoms with Crippen LogP contribution in [0.25, 0.3) is 0 Å². The number of allylic oxidation sites excluding steroid dienone is 9. The second kappa shape index (κ2) is 45.8. The zero-order valence-electron chi connectivity index (χ0n) is 45.4. The first kappa shape index (κ1) is 66.8. The third-order valence-corrected chi connectivity index (χ3v) is 13.6. The Morgan fingerprint density at radius 2 is 0.863 bits per heavy atom. The molecule has 11 unspecified atom stereocenters. The number of carbonyl (C=O) groups is 1. The van der Waals surface area contributed by atoms with Gasteiger partial charge in [-0.25, -0.2) is 0 Å². The van der Waals surface area contributed by atoms with Crippen molar-refractivity contribution in [2.24, 2.45) is 0 Å². The van der Waals surface area contributed by atoms with Crippen molar-refractivity contribution in [1.29, 1.82) is 0 Å². The zero-order valence-corrected chi connectivity index (χ0v) is 45.4. The Labute approximate surface area is 441 Å². The molecule has 0 saturated carbocycles. The Bertz CT molecular complexity index is 1440. The molecule has 14 nitrogen and oxygen atoms in total. The molecular formula is C59H104O14. The van der Waals surface area contributed by atoms with Crippen molar-refractivity contribution in [2.45, 2.75) is 274 Å². The van der Waals surface area contributed by atoms with Crippen molar-refractivity contribution in [3.8, 4) is 0 Å². The summed E-state index contributed by atoms with van der Waals surface area (Å²) in [6.45, 7) is 3.37. The lowest BCUT2D eigenvalue weighted by Crippen LogP contribution is -2.61. The van der Waals surface area contributed by atoms with E-state index in [-0.39, 0.29) is 19.6 Å². The molecule has 2 aliphatic rings. The topological polar surface area (TPSA) is 214 Å². The van der Waals surface area contributed by atoms with Gasteiger partial charge >= 0.3 is 5.97 Å². The SMILES string of the molecule is CC/C=C\C/C=C\C/C=C\C/C=C\C/C=C\CCOCC(COC1OC(COC2OC(CO)C(O)C(O)C2O)C(O)C(O)C1O)OC(=O)CCCCCCCCCCCCCCCCCCCCCCCCC. The average molecular weight is 1040 g/mol. The first-order valence-electron chi connectivity index (χ1n) is 28.9. The van der Waals surface area contributed by atoms with Gasteiger partial charge in [0, 0.05) is 6.42 Å². The minimum Gasteiger partial charge on any atom is -0.457 e. The second-order valence-corrected chi connectivity index (χ2v) is 20.1. The van der Waals surface area contributed by atoms with E-state index in [1.54, 1.807) is 0 Å². The number of unbranched alkanes of at least 4 members (excludes halogenated alkanes) is 22. The highest BCUT2D eigenvalue weighted by Crippen LogP contribution is 2.27. The molecule has 2 rings (SSSR count). The lowest BCUT2D eigenvalue weighted by molar-refractivity contribution is -0.332. The van der Waals surface area contributed by atoms with Gasteiger partial charge in [0.25, 0.3) is 0 Å². The van der Waals surface area contributed by atoms with Crippen LogP contribution in [0.5, 0.6) is 0 Å². The van der Waals surface area contributed by atoms with Crippen LogP contribution in [0.2, 0.25) is 0 Å². The lowest BCUT2D eigenvalue weighted by Gasteiger charge is -2.42. The highest BCUT2D eigenvalue weighted by molar-refractivity contribution is 5.69. The standard InChI is InChI=1S/C59H104O14/c1-3-5-7-9-11-13-15-17-19-21-22-23-24-25-26-27-28-30-32-34-36-38-40-42-51(61)71-48(45-68-43-41-39-37-35-33-31-29-20-18-16-14-12-10-8-6-4-2)46-69-58-57(67)55(65)53(63)50(73-58)47-70-59-56(66)54(64)52(62)49(44-60)72-59/h6,8,12,14,18,20,31,33,37,39,48-50,52-60,62-67H,3-5,7,9-11,13,15-17,19,21-30,32,34-36,38,40-47H2,1-2H3/b8-6-,14-12-,20-18-,33-31-,39-37-. The van der Waals surface area contributed by atoms with Crippen molar-refractivity contribution < 1.29 is 69.0 Å². The predicted molar refractivity (Wildman–Crippen MR) is 289 cm³/mol. The first-order chi connectivity index (χ1) is 35.6. The fourth-order valence-corrected chi connectivity index (χ4v) is 8.94. The van der Waals surface area contributed by atoms with Gasteiger partial charge in [0.1, 0.15) is 54.9 Å². The van der Waals surface area contributed by atoms with Gasteiger partial charge in [-0.05, 0) is 44.9 Å². The van der Waals surface area contributed by atoms with Crippen LogP contribution in [-0.4, -0.2) is 142 Å². The molecule has 2 fully saturated rings. The van der Waals surface area contributed by atoms with Gasteiger partial charge in [0.15, 0.2) is 12.6 Å². The number of aliphatic hydroxyl groups is 7. The van der Waals surface area contributed by atoms with Gasteiger partial charge < -0.3 is 64.2 Å². The fourth-order valence-electron chi connectivity index (χ4n) is 8.94. The molecule has 2 heterocycles. The number of esters is 1. The van der Waals surface area contributed by atoms with Gasteiger partial charge in [0.2, 0.25) is 0 Å². The Hall–Kier alpha value is -2.31. The molecular weight excluding hydrogens is 933 g/mol. The highest BCUT2D eigenvalue weighted by atomic mass is 16.7. The number of rotatable bonds is 46. The van der Waals surface area contributed by atoms with Crippen molar-refractivity contribution in [2.75, 3.05) is 33.0 Å². The molecule has 0 amide bonds. The highest BCUT2D eigenvalue weighted by Gasteiger charge is 2.47. The molecule has 0 aromatic carbocycles. The molecule has 14 heteroatoms. The van der Waals surface area contributed by atoms with Crippen molar-refractivity contribution in [3.05, 3.63) is 60.8 Å². The summed E-state index contributed by atoms with van der Waals surface area (Å²) in [5, 5.41) is 72.3. The van der Waals surface area contributed by atoms with E-state index in [1.165, 1.54) is 122 Å². The minimum absolute atomic E-state index is 0.00743. The summed E-state index contributed by atoms with van der Waals surface area (Å²) >= 11 is 0. The van der Waals surface area contributed by atoms with Crippen LogP contribution in [0.4, 0.5) is 0 Å².